The summed E-state index contributed by atoms with van der Waals surface area (Å²) in [7, 11) is 1.81. The highest BCUT2D eigenvalue weighted by atomic mass is 79.9. The summed E-state index contributed by atoms with van der Waals surface area (Å²) in [5.74, 6) is 0.0423. The summed E-state index contributed by atoms with van der Waals surface area (Å²) < 4.78 is 0. The minimum atomic E-state index is 0.0423. The lowest BCUT2D eigenvalue weighted by Gasteiger charge is -2.16. The van der Waals surface area contributed by atoms with E-state index in [9.17, 15) is 4.79 Å². The molecule has 16 heavy (non-hydrogen) atoms. The number of amides is 1. The van der Waals surface area contributed by atoms with Crippen LogP contribution in [0.2, 0.25) is 5.02 Å². The molecule has 0 spiro atoms. The normalized spacial score (nSPS) is 10.2. The maximum absolute atomic E-state index is 12.0. The number of aryl methyl sites for hydroxylation is 1. The second-order valence-corrected chi connectivity index (χ2v) is 4.93. The van der Waals surface area contributed by atoms with Crippen molar-refractivity contribution in [2.75, 3.05) is 18.9 Å². The summed E-state index contributed by atoms with van der Waals surface area (Å²) in [6, 6.07) is 5.36. The van der Waals surface area contributed by atoms with Gasteiger partial charge in [0, 0.05) is 29.5 Å². The van der Waals surface area contributed by atoms with E-state index in [1.54, 1.807) is 17.0 Å². The van der Waals surface area contributed by atoms with E-state index in [1.165, 1.54) is 0 Å². The molecule has 0 bridgehead atoms. The van der Waals surface area contributed by atoms with Crippen molar-refractivity contribution in [2.24, 2.45) is 0 Å². The number of hydrogen-bond acceptors (Lipinski definition) is 1. The number of carbonyl (C=O) groups is 1. The topological polar surface area (TPSA) is 20.3 Å². The van der Waals surface area contributed by atoms with Crippen molar-refractivity contribution in [1.82, 2.24) is 4.90 Å². The minimum Gasteiger partial charge on any atom is -0.342 e. The van der Waals surface area contributed by atoms with Crippen LogP contribution in [0.4, 0.5) is 0 Å². The van der Waals surface area contributed by atoms with E-state index in [4.69, 9.17) is 11.6 Å². The summed E-state index contributed by atoms with van der Waals surface area (Å²) >= 11 is 9.27. The molecule has 0 aliphatic rings. The van der Waals surface area contributed by atoms with Crippen LogP contribution in [0.15, 0.2) is 18.2 Å². The van der Waals surface area contributed by atoms with Crippen LogP contribution in [0.25, 0.3) is 0 Å². The Morgan fingerprint density at radius 3 is 2.75 bits per heavy atom. The molecule has 0 radical (unpaired) electrons. The maximum Gasteiger partial charge on any atom is 0.253 e. The highest BCUT2D eigenvalue weighted by molar-refractivity contribution is 9.09. The second-order valence-electron chi connectivity index (χ2n) is 3.73. The summed E-state index contributed by atoms with van der Waals surface area (Å²) in [5, 5.41) is 1.60. The van der Waals surface area contributed by atoms with Crippen LogP contribution in [0.3, 0.4) is 0 Å². The Morgan fingerprint density at radius 2 is 2.19 bits per heavy atom. The lowest BCUT2D eigenvalue weighted by Crippen LogP contribution is -2.27. The summed E-state index contributed by atoms with van der Waals surface area (Å²) in [4.78, 5) is 13.7. The van der Waals surface area contributed by atoms with Gasteiger partial charge in [0.2, 0.25) is 0 Å². The van der Waals surface area contributed by atoms with Crippen molar-refractivity contribution in [1.29, 1.82) is 0 Å². The number of nitrogens with zero attached hydrogens (tertiary/aromatic N) is 1. The van der Waals surface area contributed by atoms with Gasteiger partial charge in [-0.25, -0.2) is 0 Å². The third kappa shape index (κ3) is 3.49. The molecule has 2 nitrogen and oxygen atoms in total. The van der Waals surface area contributed by atoms with E-state index in [2.05, 4.69) is 15.9 Å². The van der Waals surface area contributed by atoms with Crippen LogP contribution in [0.5, 0.6) is 0 Å². The van der Waals surface area contributed by atoms with Gasteiger partial charge in [0.15, 0.2) is 0 Å². The molecule has 0 unspecified atom stereocenters. The molecule has 4 heteroatoms. The summed E-state index contributed by atoms with van der Waals surface area (Å²) in [6.07, 6.45) is 0.953. The molecule has 0 saturated heterocycles. The fraction of sp³-hybridized carbons (Fsp3) is 0.417. The largest absolute Gasteiger partial charge is 0.342 e. The summed E-state index contributed by atoms with van der Waals surface area (Å²) in [5.41, 5.74) is 1.63. The van der Waals surface area contributed by atoms with Gasteiger partial charge in [-0.1, -0.05) is 27.5 Å². The molecule has 1 aromatic rings. The average molecular weight is 305 g/mol. The maximum atomic E-state index is 12.0. The fourth-order valence-corrected chi connectivity index (χ4v) is 1.76. The quantitative estimate of drug-likeness (QED) is 0.780. The van der Waals surface area contributed by atoms with Gasteiger partial charge >= 0.3 is 0 Å². The van der Waals surface area contributed by atoms with Crippen molar-refractivity contribution in [3.63, 3.8) is 0 Å². The standard InChI is InChI=1S/C12H15BrClNO/c1-9-8-10(4-5-11(9)14)12(16)15(2)7-3-6-13/h4-5,8H,3,6-7H2,1-2H3. The first-order chi connectivity index (χ1) is 7.56. The highest BCUT2D eigenvalue weighted by Crippen LogP contribution is 2.17. The Hall–Kier alpha value is -0.540. The van der Waals surface area contributed by atoms with Gasteiger partial charge in [-0.15, -0.1) is 0 Å². The molecule has 0 aliphatic heterocycles. The number of carbonyl (C=O) groups excluding carboxylic acids is 1. The molecule has 1 aromatic carbocycles. The third-order valence-electron chi connectivity index (χ3n) is 2.38. The van der Waals surface area contributed by atoms with Crippen LogP contribution in [-0.2, 0) is 0 Å². The van der Waals surface area contributed by atoms with Crippen molar-refractivity contribution < 1.29 is 4.79 Å². The molecule has 1 amide bonds. The summed E-state index contributed by atoms with van der Waals surface area (Å²) in [6.45, 7) is 2.66. The molecule has 0 saturated carbocycles. The fourth-order valence-electron chi connectivity index (χ4n) is 1.40. The molecule has 0 aliphatic carbocycles. The zero-order chi connectivity index (χ0) is 12.1. The first kappa shape index (κ1) is 13.5. The van der Waals surface area contributed by atoms with Crippen LogP contribution in [0.1, 0.15) is 22.3 Å². The Kier molecular flexibility index (Phi) is 5.29. The first-order valence-electron chi connectivity index (χ1n) is 5.14. The predicted octanol–water partition coefficient (Wildman–Crippen LogP) is 3.51. The number of alkyl halides is 1. The Balaban J connectivity index is 2.76. The zero-order valence-electron chi connectivity index (χ0n) is 9.46. The van der Waals surface area contributed by atoms with Crippen molar-refractivity contribution in [2.45, 2.75) is 13.3 Å². The second kappa shape index (κ2) is 6.26. The van der Waals surface area contributed by atoms with Crippen molar-refractivity contribution in [3.8, 4) is 0 Å². The highest BCUT2D eigenvalue weighted by Gasteiger charge is 2.11. The molecule has 88 valence electrons. The van der Waals surface area contributed by atoms with Gasteiger partial charge in [0.05, 0.1) is 0 Å². The zero-order valence-corrected chi connectivity index (χ0v) is 11.8. The van der Waals surface area contributed by atoms with Gasteiger partial charge in [-0.3, -0.25) is 4.79 Å². The van der Waals surface area contributed by atoms with E-state index in [-0.39, 0.29) is 5.91 Å². The van der Waals surface area contributed by atoms with Gasteiger partial charge in [0.1, 0.15) is 0 Å². The van der Waals surface area contributed by atoms with Gasteiger partial charge in [-0.2, -0.15) is 0 Å². The van der Waals surface area contributed by atoms with E-state index < -0.39 is 0 Å². The van der Waals surface area contributed by atoms with Crippen LogP contribution >= 0.6 is 27.5 Å². The minimum absolute atomic E-state index is 0.0423. The predicted molar refractivity (Wildman–Crippen MR) is 71.6 cm³/mol. The molecular formula is C12H15BrClNO. The van der Waals surface area contributed by atoms with Gasteiger partial charge in [0.25, 0.3) is 5.91 Å². The Bertz CT molecular complexity index is 381. The molecule has 1 rings (SSSR count). The number of halogens is 2. The average Bonchev–Trinajstić information content (AvgIpc) is 2.28. The Labute approximate surface area is 110 Å². The lowest BCUT2D eigenvalue weighted by molar-refractivity contribution is 0.0795. The van der Waals surface area contributed by atoms with E-state index in [1.807, 2.05) is 20.0 Å². The molecule has 0 heterocycles. The monoisotopic (exact) mass is 303 g/mol. The van der Waals surface area contributed by atoms with Crippen LogP contribution in [0, 0.1) is 6.92 Å². The van der Waals surface area contributed by atoms with E-state index in [0.717, 1.165) is 23.9 Å². The van der Waals surface area contributed by atoms with Crippen LogP contribution in [-0.4, -0.2) is 29.7 Å². The SMILES string of the molecule is Cc1cc(C(=O)N(C)CCCBr)ccc1Cl. The number of benzene rings is 1. The first-order valence-corrected chi connectivity index (χ1v) is 6.63. The molecular weight excluding hydrogens is 289 g/mol. The third-order valence-corrected chi connectivity index (χ3v) is 3.36. The van der Waals surface area contributed by atoms with Gasteiger partial charge in [-0.05, 0) is 37.1 Å². The van der Waals surface area contributed by atoms with Crippen molar-refractivity contribution >= 4 is 33.4 Å². The Morgan fingerprint density at radius 1 is 1.50 bits per heavy atom. The lowest BCUT2D eigenvalue weighted by atomic mass is 10.1. The molecule has 0 fully saturated rings. The van der Waals surface area contributed by atoms with Crippen LogP contribution < -0.4 is 0 Å². The molecule has 0 N–H and O–H groups in total. The van der Waals surface area contributed by atoms with Crippen molar-refractivity contribution in [3.05, 3.63) is 34.3 Å². The number of rotatable bonds is 4. The van der Waals surface area contributed by atoms with Gasteiger partial charge < -0.3 is 4.90 Å². The van der Waals surface area contributed by atoms with E-state index in [0.29, 0.717) is 10.6 Å². The van der Waals surface area contributed by atoms with E-state index >= 15 is 0 Å². The number of hydrogen-bond donors (Lipinski definition) is 0. The smallest absolute Gasteiger partial charge is 0.253 e. The molecule has 0 aromatic heterocycles. The molecule has 0 atom stereocenters.